The number of anilines is 1. The van der Waals surface area contributed by atoms with E-state index in [4.69, 9.17) is 4.42 Å². The predicted molar refractivity (Wildman–Crippen MR) is 114 cm³/mol. The molecule has 2 N–H and O–H groups in total. The lowest BCUT2D eigenvalue weighted by Crippen LogP contribution is -2.41. The van der Waals surface area contributed by atoms with Crippen LogP contribution in [0.15, 0.2) is 28.7 Å². The summed E-state index contributed by atoms with van der Waals surface area (Å²) in [5, 5.41) is 5.54. The third-order valence-electron chi connectivity index (χ3n) is 5.72. The highest BCUT2D eigenvalue weighted by atomic mass is 16.3. The van der Waals surface area contributed by atoms with E-state index < -0.39 is 11.8 Å². The van der Waals surface area contributed by atoms with Crippen LogP contribution in [0.3, 0.4) is 0 Å². The number of carbonyl (C=O) groups excluding carboxylic acids is 2. The maximum Gasteiger partial charge on any atom is 0.313 e. The highest BCUT2D eigenvalue weighted by Gasteiger charge is 2.22. The van der Waals surface area contributed by atoms with Gasteiger partial charge in [-0.15, -0.1) is 0 Å². The first-order valence-electron chi connectivity index (χ1n) is 10.3. The van der Waals surface area contributed by atoms with Crippen LogP contribution < -0.4 is 10.6 Å². The average molecular weight is 398 g/mol. The molecule has 2 aromatic rings. The minimum atomic E-state index is -0.606. The molecule has 1 saturated heterocycles. The van der Waals surface area contributed by atoms with Crippen molar-refractivity contribution in [2.75, 3.05) is 25.0 Å². The Morgan fingerprint density at radius 1 is 1.07 bits per heavy atom. The van der Waals surface area contributed by atoms with Crippen molar-refractivity contribution in [3.05, 3.63) is 52.5 Å². The number of furan rings is 1. The summed E-state index contributed by atoms with van der Waals surface area (Å²) < 4.78 is 5.61. The van der Waals surface area contributed by atoms with Gasteiger partial charge in [0.1, 0.15) is 11.5 Å². The van der Waals surface area contributed by atoms with E-state index in [1.54, 1.807) is 0 Å². The Morgan fingerprint density at radius 3 is 2.31 bits per heavy atom. The number of nitrogens with one attached hydrogen (secondary N) is 2. The Labute approximate surface area is 172 Å². The van der Waals surface area contributed by atoms with Gasteiger partial charge in [-0.25, -0.2) is 0 Å². The van der Waals surface area contributed by atoms with E-state index in [0.29, 0.717) is 18.2 Å². The smallest absolute Gasteiger partial charge is 0.313 e. The number of likely N-dealkylation sites (tertiary alicyclic amines) is 1. The van der Waals surface area contributed by atoms with Crippen LogP contribution in [-0.2, 0) is 16.1 Å². The van der Waals surface area contributed by atoms with Gasteiger partial charge in [0.2, 0.25) is 0 Å². The van der Waals surface area contributed by atoms with Crippen LogP contribution in [0.5, 0.6) is 0 Å². The molecule has 1 aliphatic rings. The quantitative estimate of drug-likeness (QED) is 0.758. The Hall–Kier alpha value is -2.60. The Balaban J connectivity index is 1.42. The summed E-state index contributed by atoms with van der Waals surface area (Å²) in [4.78, 5) is 26.9. The Bertz CT molecular complexity index is 859. The molecule has 0 bridgehead atoms. The first-order chi connectivity index (χ1) is 13.8. The van der Waals surface area contributed by atoms with Gasteiger partial charge in [-0.05, 0) is 76.7 Å². The zero-order valence-electron chi connectivity index (χ0n) is 17.8. The summed E-state index contributed by atoms with van der Waals surface area (Å²) in [5.41, 5.74) is 3.85. The molecular formula is C23H31N3O3. The van der Waals surface area contributed by atoms with Gasteiger partial charge < -0.3 is 15.1 Å². The number of benzene rings is 1. The van der Waals surface area contributed by atoms with Crippen LogP contribution in [0.2, 0.25) is 0 Å². The molecule has 156 valence electrons. The third-order valence-corrected chi connectivity index (χ3v) is 5.72. The zero-order valence-corrected chi connectivity index (χ0v) is 17.8. The second-order valence-electron chi connectivity index (χ2n) is 8.09. The number of aryl methyl sites for hydroxylation is 4. The van der Waals surface area contributed by atoms with Crippen molar-refractivity contribution in [3.8, 4) is 0 Å². The van der Waals surface area contributed by atoms with E-state index in [2.05, 4.69) is 21.6 Å². The number of nitrogens with zero attached hydrogens (tertiary/aromatic N) is 1. The fourth-order valence-corrected chi connectivity index (χ4v) is 3.93. The van der Waals surface area contributed by atoms with Crippen LogP contribution in [0.4, 0.5) is 5.69 Å². The molecule has 0 spiro atoms. The van der Waals surface area contributed by atoms with Crippen molar-refractivity contribution in [1.29, 1.82) is 0 Å². The van der Waals surface area contributed by atoms with Crippen molar-refractivity contribution in [2.45, 2.75) is 47.1 Å². The Morgan fingerprint density at radius 2 is 1.72 bits per heavy atom. The molecule has 0 atom stereocenters. The molecule has 29 heavy (non-hydrogen) atoms. The third kappa shape index (κ3) is 5.48. The Kier molecular flexibility index (Phi) is 6.75. The molecule has 1 aromatic carbocycles. The van der Waals surface area contributed by atoms with Gasteiger partial charge >= 0.3 is 11.8 Å². The molecule has 0 unspecified atom stereocenters. The van der Waals surface area contributed by atoms with Crippen molar-refractivity contribution in [1.82, 2.24) is 10.2 Å². The van der Waals surface area contributed by atoms with Crippen LogP contribution in [0, 0.1) is 33.6 Å². The van der Waals surface area contributed by atoms with Crippen molar-refractivity contribution >= 4 is 17.5 Å². The van der Waals surface area contributed by atoms with Gasteiger partial charge in [0.15, 0.2) is 0 Å². The van der Waals surface area contributed by atoms with E-state index in [9.17, 15) is 9.59 Å². The number of hydrogen-bond acceptors (Lipinski definition) is 4. The van der Waals surface area contributed by atoms with Crippen molar-refractivity contribution in [2.24, 2.45) is 5.92 Å². The fraction of sp³-hybridized carbons (Fsp3) is 0.478. The summed E-state index contributed by atoms with van der Waals surface area (Å²) >= 11 is 0. The zero-order chi connectivity index (χ0) is 21.0. The number of amides is 2. The van der Waals surface area contributed by atoms with E-state index >= 15 is 0 Å². The van der Waals surface area contributed by atoms with Crippen LogP contribution in [-0.4, -0.2) is 36.3 Å². The van der Waals surface area contributed by atoms with Crippen LogP contribution in [0.1, 0.15) is 41.1 Å². The van der Waals surface area contributed by atoms with Gasteiger partial charge in [-0.1, -0.05) is 18.2 Å². The molecule has 2 amide bonds. The molecule has 6 heteroatoms. The van der Waals surface area contributed by atoms with Crippen molar-refractivity contribution < 1.29 is 14.0 Å². The monoisotopic (exact) mass is 397 g/mol. The number of para-hydroxylation sites is 1. The summed E-state index contributed by atoms with van der Waals surface area (Å²) in [6, 6.07) is 7.87. The van der Waals surface area contributed by atoms with E-state index in [1.807, 2.05) is 45.9 Å². The maximum atomic E-state index is 12.2. The van der Waals surface area contributed by atoms with E-state index in [-0.39, 0.29) is 0 Å². The number of hydrogen-bond donors (Lipinski definition) is 2. The first kappa shape index (κ1) is 21.1. The highest BCUT2D eigenvalue weighted by molar-refractivity contribution is 6.39. The fourth-order valence-electron chi connectivity index (χ4n) is 3.93. The lowest BCUT2D eigenvalue weighted by atomic mass is 9.96. The van der Waals surface area contributed by atoms with Crippen LogP contribution in [0.25, 0.3) is 0 Å². The SMILES string of the molecule is Cc1cc(CN2CCC(CNC(=O)C(=O)Nc3c(C)cccc3C)CC2)c(C)o1. The van der Waals surface area contributed by atoms with Crippen LogP contribution >= 0.6 is 0 Å². The lowest BCUT2D eigenvalue weighted by Gasteiger charge is -2.31. The molecule has 0 radical (unpaired) electrons. The average Bonchev–Trinajstić information content (AvgIpc) is 3.00. The normalized spacial score (nSPS) is 15.3. The highest BCUT2D eigenvalue weighted by Crippen LogP contribution is 2.22. The molecule has 1 aromatic heterocycles. The standard InChI is InChI=1S/C23H31N3O3/c1-15-6-5-7-16(2)21(15)25-23(28)22(27)24-13-19-8-10-26(11-9-19)14-20-12-17(3)29-18(20)4/h5-7,12,19H,8-11,13-14H2,1-4H3,(H,24,27)(H,25,28). The second-order valence-corrected chi connectivity index (χ2v) is 8.09. The van der Waals surface area contributed by atoms with E-state index in [0.717, 1.165) is 55.1 Å². The summed E-state index contributed by atoms with van der Waals surface area (Å²) in [5.74, 6) is 1.17. The number of piperidine rings is 1. The molecule has 0 aliphatic carbocycles. The minimum Gasteiger partial charge on any atom is -0.466 e. The summed E-state index contributed by atoms with van der Waals surface area (Å²) in [7, 11) is 0. The molecular weight excluding hydrogens is 366 g/mol. The summed E-state index contributed by atoms with van der Waals surface area (Å²) in [6.07, 6.45) is 2.02. The minimum absolute atomic E-state index is 0.399. The molecule has 0 saturated carbocycles. The first-order valence-corrected chi connectivity index (χ1v) is 10.3. The van der Waals surface area contributed by atoms with Gasteiger partial charge in [0.05, 0.1) is 0 Å². The maximum absolute atomic E-state index is 12.2. The number of carbonyl (C=O) groups is 2. The van der Waals surface area contributed by atoms with E-state index in [1.165, 1.54) is 5.56 Å². The second kappa shape index (κ2) is 9.27. The molecule has 2 heterocycles. The topological polar surface area (TPSA) is 74.6 Å². The van der Waals surface area contributed by atoms with Gasteiger partial charge in [-0.3, -0.25) is 14.5 Å². The lowest BCUT2D eigenvalue weighted by molar-refractivity contribution is -0.136. The predicted octanol–water partition coefficient (Wildman–Crippen LogP) is 3.48. The molecule has 1 aliphatic heterocycles. The number of rotatable bonds is 5. The van der Waals surface area contributed by atoms with Gasteiger partial charge in [0.25, 0.3) is 0 Å². The van der Waals surface area contributed by atoms with Gasteiger partial charge in [0, 0.05) is 24.3 Å². The van der Waals surface area contributed by atoms with Crippen molar-refractivity contribution in [3.63, 3.8) is 0 Å². The van der Waals surface area contributed by atoms with Gasteiger partial charge in [-0.2, -0.15) is 0 Å². The molecule has 1 fully saturated rings. The molecule has 3 rings (SSSR count). The summed E-state index contributed by atoms with van der Waals surface area (Å²) in [6.45, 7) is 11.2. The largest absolute Gasteiger partial charge is 0.466 e. The molecule has 6 nitrogen and oxygen atoms in total.